The van der Waals surface area contributed by atoms with Crippen molar-refractivity contribution in [3.63, 3.8) is 0 Å². The van der Waals surface area contributed by atoms with Crippen molar-refractivity contribution in [3.05, 3.63) is 210 Å². The summed E-state index contributed by atoms with van der Waals surface area (Å²) in [6.45, 7) is 10.5. The molecule has 0 amide bonds. The van der Waals surface area contributed by atoms with E-state index >= 15 is 0 Å². The van der Waals surface area contributed by atoms with E-state index in [0.717, 1.165) is 71.2 Å². The molecule has 353 valence electrons. The number of benzene rings is 9. The fourth-order valence-electron chi connectivity index (χ4n) is 10.1. The van der Waals surface area contributed by atoms with Crippen LogP contribution >= 0.6 is 0 Å². The van der Waals surface area contributed by atoms with E-state index in [0.29, 0.717) is 33.5 Å². The van der Waals surface area contributed by atoms with Crippen molar-refractivity contribution in [2.75, 3.05) is 0 Å². The summed E-state index contributed by atoms with van der Waals surface area (Å²) >= 11 is 0. The number of imidazole rings is 1. The van der Waals surface area contributed by atoms with E-state index in [1.54, 1.807) is 6.07 Å². The van der Waals surface area contributed by atoms with Crippen molar-refractivity contribution in [1.29, 1.82) is 0 Å². The Morgan fingerprint density at radius 1 is 0.620 bits per heavy atom. The van der Waals surface area contributed by atoms with Crippen LogP contribution in [0.1, 0.15) is 96.3 Å². The first kappa shape index (κ1) is 40.5. The topological polar surface area (TPSA) is 43.9 Å². The van der Waals surface area contributed by atoms with Gasteiger partial charge in [0.25, 0.3) is 0 Å². The van der Waals surface area contributed by atoms with Gasteiger partial charge < -0.3 is 14.0 Å². The van der Waals surface area contributed by atoms with Gasteiger partial charge in [-0.1, -0.05) is 169 Å². The SMILES string of the molecule is [2H]C([2H])([2H])c1c[c-]c(-c2nc3ccc4ccccc4c3n2-c2c(C(C)C)cc(-c3ccccc3)cc2C(C)C)c2oc3cc4c(ccc5ccccc54)cc3c12.[2H]C([2H])([2H])c1cnc(-c2[c-]cccc2)cc1C(C)(C)C.[Ir]. The molecule has 3 heterocycles. The third-order valence-electron chi connectivity index (χ3n) is 13.6. The molecule has 0 atom stereocenters. The molecule has 0 N–H and O–H groups in total. The molecular weight excluding hydrogens is 1040 g/mol. The van der Waals surface area contributed by atoms with Crippen molar-refractivity contribution in [3.8, 4) is 39.5 Å². The van der Waals surface area contributed by atoms with Crippen LogP contribution in [0.25, 0.3) is 105 Å². The van der Waals surface area contributed by atoms with Gasteiger partial charge in [0.1, 0.15) is 5.58 Å². The summed E-state index contributed by atoms with van der Waals surface area (Å²) < 4.78 is 58.2. The maximum absolute atomic E-state index is 8.66. The molecule has 4 nitrogen and oxygen atoms in total. The number of hydrogen-bond donors (Lipinski definition) is 0. The second kappa shape index (κ2) is 18.9. The molecule has 0 saturated carbocycles. The summed E-state index contributed by atoms with van der Waals surface area (Å²) in [6.07, 6.45) is 1.48. The predicted molar refractivity (Wildman–Crippen MR) is 295 cm³/mol. The number of aromatic nitrogens is 3. The molecule has 0 aliphatic carbocycles. The minimum Gasteiger partial charge on any atom is -0.501 e. The molecule has 0 saturated heterocycles. The summed E-state index contributed by atoms with van der Waals surface area (Å²) in [6, 6.07) is 62.2. The van der Waals surface area contributed by atoms with E-state index in [1.165, 1.54) is 28.5 Å². The van der Waals surface area contributed by atoms with E-state index in [4.69, 9.17) is 17.6 Å². The molecule has 0 unspecified atom stereocenters. The molecule has 0 spiro atoms. The van der Waals surface area contributed by atoms with Crippen molar-refractivity contribution in [2.24, 2.45) is 0 Å². The van der Waals surface area contributed by atoms with Crippen LogP contribution in [-0.4, -0.2) is 14.5 Å². The zero-order chi connectivity index (χ0) is 53.4. The van der Waals surface area contributed by atoms with Gasteiger partial charge in [-0.25, -0.2) is 0 Å². The van der Waals surface area contributed by atoms with Crippen LogP contribution in [0.3, 0.4) is 0 Å². The molecule has 0 aliphatic heterocycles. The predicted octanol–water partition coefficient (Wildman–Crippen LogP) is 18.2. The summed E-state index contributed by atoms with van der Waals surface area (Å²) in [5.41, 5.74) is 12.1. The number of hydrogen-bond acceptors (Lipinski definition) is 3. The van der Waals surface area contributed by atoms with Gasteiger partial charge in [-0.05, 0) is 120 Å². The van der Waals surface area contributed by atoms with E-state index in [9.17, 15) is 0 Å². The van der Waals surface area contributed by atoms with Crippen LogP contribution in [0.2, 0.25) is 0 Å². The molecule has 0 aliphatic rings. The second-order valence-electron chi connectivity index (χ2n) is 20.0. The first-order valence-electron chi connectivity index (χ1n) is 27.1. The normalized spacial score (nSPS) is 13.5. The van der Waals surface area contributed by atoms with Crippen molar-refractivity contribution in [1.82, 2.24) is 14.5 Å². The van der Waals surface area contributed by atoms with Crippen molar-refractivity contribution in [2.45, 2.75) is 79.4 Å². The molecule has 9 aromatic carbocycles. The van der Waals surface area contributed by atoms with Gasteiger partial charge >= 0.3 is 0 Å². The van der Waals surface area contributed by atoms with Crippen LogP contribution in [0.5, 0.6) is 0 Å². The summed E-state index contributed by atoms with van der Waals surface area (Å²) in [5.74, 6) is 0.993. The number of aryl methyl sites for hydroxylation is 2. The standard InChI is InChI=1S/C50H39N2O.C16H18N.Ir/c1-29(2)40-26-36(32-13-7-6-8-14-32)27-41(30(3)4)47(40)52-48-38-18-12-10-16-34(38)22-24-44(48)51-50(52)39-23-19-31(5)46-43-25-35-21-20-33-15-9-11-17-37(33)42(35)28-45(43)53-49(39)46;1-12-11-17-15(10-14(12)16(2,3)4)13-8-6-5-7-9-13;/h6-22,24-30H,1-5H3;5-8,10-11H,1-4H3;/q2*-1;/i5D3;1D3;. The molecule has 71 heavy (non-hydrogen) atoms. The van der Waals surface area contributed by atoms with Gasteiger partial charge in [0, 0.05) is 51.0 Å². The van der Waals surface area contributed by atoms with Crippen LogP contribution in [0, 0.1) is 25.8 Å². The number of fused-ring (bicyclic) bond motifs is 9. The first-order chi connectivity index (χ1) is 36.3. The Morgan fingerprint density at radius 2 is 1.28 bits per heavy atom. The van der Waals surface area contributed by atoms with Gasteiger partial charge in [-0.2, -0.15) is 0 Å². The Balaban J connectivity index is 0.000000271. The summed E-state index contributed by atoms with van der Waals surface area (Å²) in [7, 11) is 0. The smallest absolute Gasteiger partial charge is 0.121 e. The van der Waals surface area contributed by atoms with Gasteiger partial charge in [0.2, 0.25) is 0 Å². The van der Waals surface area contributed by atoms with Crippen LogP contribution < -0.4 is 0 Å². The third-order valence-corrected chi connectivity index (χ3v) is 13.6. The fraction of sp³-hybridized carbons (Fsp3) is 0.182. The average molecular weight is 1110 g/mol. The molecule has 0 bridgehead atoms. The Kier molecular flexibility index (Phi) is 10.8. The van der Waals surface area contributed by atoms with Crippen LogP contribution in [-0.2, 0) is 25.5 Å². The molecule has 0 fully saturated rings. The third kappa shape index (κ3) is 8.56. The number of rotatable bonds is 6. The molecule has 12 aromatic rings. The second-order valence-corrected chi connectivity index (χ2v) is 20.0. The minimum absolute atomic E-state index is 0. The monoisotopic (exact) mass is 1110 g/mol. The Morgan fingerprint density at radius 3 is 1.97 bits per heavy atom. The quantitative estimate of drug-likeness (QED) is 0.123. The van der Waals surface area contributed by atoms with Gasteiger partial charge in [-0.15, -0.1) is 53.6 Å². The number of pyridine rings is 1. The molecule has 12 rings (SSSR count). The van der Waals surface area contributed by atoms with Crippen molar-refractivity contribution < 1.29 is 32.7 Å². The number of furan rings is 1. The molecular formula is C66H57IrN3O-2. The van der Waals surface area contributed by atoms with Crippen LogP contribution in [0.15, 0.2) is 174 Å². The Labute approximate surface area is 439 Å². The zero-order valence-electron chi connectivity index (χ0n) is 46.9. The number of nitrogens with zero attached hydrogens (tertiary/aromatic N) is 3. The molecule has 1 radical (unpaired) electrons. The van der Waals surface area contributed by atoms with E-state index < -0.39 is 13.7 Å². The Hall–Kier alpha value is -7.17. The molecule has 3 aromatic heterocycles. The first-order valence-corrected chi connectivity index (χ1v) is 24.1. The van der Waals surface area contributed by atoms with Gasteiger partial charge in [0.15, 0.2) is 0 Å². The van der Waals surface area contributed by atoms with E-state index in [-0.39, 0.29) is 42.9 Å². The molecule has 5 heteroatoms. The Bertz CT molecular complexity index is 4160. The van der Waals surface area contributed by atoms with E-state index in [1.807, 2.05) is 63.2 Å². The zero-order valence-corrected chi connectivity index (χ0v) is 43.3. The summed E-state index contributed by atoms with van der Waals surface area (Å²) in [4.78, 5) is 9.73. The maximum atomic E-state index is 8.66. The van der Waals surface area contributed by atoms with Gasteiger partial charge in [-0.3, -0.25) is 4.98 Å². The minimum atomic E-state index is -2.40. The van der Waals surface area contributed by atoms with Crippen LogP contribution in [0.4, 0.5) is 0 Å². The van der Waals surface area contributed by atoms with E-state index in [2.05, 4.69) is 165 Å². The van der Waals surface area contributed by atoms with Crippen molar-refractivity contribution >= 4 is 65.3 Å². The average Bonchev–Trinajstić information content (AvgIpc) is 4.22. The maximum Gasteiger partial charge on any atom is 0.121 e. The largest absolute Gasteiger partial charge is 0.501 e. The van der Waals surface area contributed by atoms with Gasteiger partial charge in [0.05, 0.1) is 22.4 Å². The summed E-state index contributed by atoms with van der Waals surface area (Å²) in [5, 5.41) is 7.84. The fourth-order valence-corrected chi connectivity index (χ4v) is 10.1.